The highest BCUT2D eigenvalue weighted by atomic mass is 32.1. The van der Waals surface area contributed by atoms with E-state index in [-0.39, 0.29) is 11.4 Å². The largest absolute Gasteiger partial charge is 0.492 e. The minimum absolute atomic E-state index is 0.0140. The first-order valence-electron chi connectivity index (χ1n) is 9.74. The molecule has 1 saturated carbocycles. The zero-order valence-electron chi connectivity index (χ0n) is 15.9. The zero-order chi connectivity index (χ0) is 20.0. The Morgan fingerprint density at radius 2 is 2.21 bits per heavy atom. The molecule has 1 amide bonds. The van der Waals surface area contributed by atoms with Crippen molar-refractivity contribution in [3.63, 3.8) is 0 Å². The van der Waals surface area contributed by atoms with Gasteiger partial charge in [-0.1, -0.05) is 6.07 Å². The molecule has 3 N–H and O–H groups in total. The van der Waals surface area contributed by atoms with Crippen molar-refractivity contribution in [1.29, 1.82) is 5.41 Å². The van der Waals surface area contributed by atoms with Crippen molar-refractivity contribution in [2.24, 2.45) is 5.73 Å². The van der Waals surface area contributed by atoms with Gasteiger partial charge in [-0.25, -0.2) is 4.98 Å². The lowest BCUT2D eigenvalue weighted by molar-refractivity contribution is -0.0117. The summed E-state index contributed by atoms with van der Waals surface area (Å²) >= 11 is 1.47. The second-order valence-corrected chi connectivity index (χ2v) is 8.68. The highest BCUT2D eigenvalue weighted by Gasteiger charge is 2.52. The maximum atomic E-state index is 13.2. The molecule has 1 aromatic carbocycles. The van der Waals surface area contributed by atoms with Crippen molar-refractivity contribution in [3.8, 4) is 17.0 Å². The maximum Gasteiger partial charge on any atom is 0.283 e. The molecule has 1 saturated heterocycles. The summed E-state index contributed by atoms with van der Waals surface area (Å²) in [5.74, 6) is 0.719. The lowest BCUT2D eigenvalue weighted by Crippen LogP contribution is -2.50. The zero-order valence-corrected chi connectivity index (χ0v) is 16.8. The Labute approximate surface area is 172 Å². The average Bonchev–Trinajstić information content (AvgIpc) is 3.41. The lowest BCUT2D eigenvalue weighted by Gasteiger charge is -2.35. The first-order chi connectivity index (χ1) is 14.1. The number of fused-ring (bicyclic) bond motifs is 3. The molecule has 1 aliphatic carbocycles. The fraction of sp³-hybridized carbons (Fsp3) is 0.381. The summed E-state index contributed by atoms with van der Waals surface area (Å²) in [5.41, 5.74) is 8.65. The minimum Gasteiger partial charge on any atom is -0.492 e. The standard InChI is InChI=1S/C21H22N4O3S/c22-10-14(11-23)13-1-2-15-16(9-13)28-7-3-17-18(15)24-19(29-17)20(26)25-6-8-27-12-21(25)4-5-21/h1-2,9-11,22H,3-8,12,23H2/b14-11+,22-10?. The monoisotopic (exact) mass is 410 g/mol. The predicted octanol–water partition coefficient (Wildman–Crippen LogP) is 2.70. The maximum absolute atomic E-state index is 13.2. The Hall–Kier alpha value is -2.71. The Kier molecular flexibility index (Phi) is 4.40. The van der Waals surface area contributed by atoms with Crippen molar-refractivity contribution in [1.82, 2.24) is 9.88 Å². The molecule has 2 aromatic rings. The Morgan fingerprint density at radius 1 is 1.34 bits per heavy atom. The van der Waals surface area contributed by atoms with Gasteiger partial charge in [0.25, 0.3) is 5.91 Å². The second-order valence-electron chi connectivity index (χ2n) is 7.60. The van der Waals surface area contributed by atoms with E-state index in [1.165, 1.54) is 23.8 Å². The van der Waals surface area contributed by atoms with Gasteiger partial charge in [-0.3, -0.25) is 4.79 Å². The average molecular weight is 410 g/mol. The van der Waals surface area contributed by atoms with E-state index in [9.17, 15) is 4.79 Å². The molecule has 2 fully saturated rings. The number of thiazole rings is 1. The van der Waals surface area contributed by atoms with Gasteiger partial charge in [-0.15, -0.1) is 11.3 Å². The van der Waals surface area contributed by atoms with Gasteiger partial charge in [0.1, 0.15) is 5.75 Å². The van der Waals surface area contributed by atoms with Crippen LogP contribution in [0.4, 0.5) is 0 Å². The SMILES string of the molecule is N=C/C(=C\N)c1ccc2c(c1)OCCc1sc(C(=O)N3CCOCC34CC4)nc1-2. The topological polar surface area (TPSA) is 102 Å². The van der Waals surface area contributed by atoms with E-state index in [0.29, 0.717) is 49.1 Å². The van der Waals surface area contributed by atoms with Gasteiger partial charge >= 0.3 is 0 Å². The molecule has 0 atom stereocenters. The third-order valence-corrected chi connectivity index (χ3v) is 6.95. The highest BCUT2D eigenvalue weighted by molar-refractivity contribution is 7.14. The third-order valence-electron chi connectivity index (χ3n) is 5.85. The van der Waals surface area contributed by atoms with Crippen LogP contribution in [0.5, 0.6) is 5.75 Å². The number of carbonyl (C=O) groups excluding carboxylic acids is 1. The molecular weight excluding hydrogens is 388 g/mol. The number of aromatic nitrogens is 1. The summed E-state index contributed by atoms with van der Waals surface area (Å²) in [7, 11) is 0. The number of morpholine rings is 1. The van der Waals surface area contributed by atoms with E-state index < -0.39 is 0 Å². The van der Waals surface area contributed by atoms with Crippen LogP contribution in [-0.4, -0.2) is 53.9 Å². The number of allylic oxidation sites excluding steroid dienone is 1. The fourth-order valence-electron chi connectivity index (χ4n) is 4.05. The molecule has 1 spiro atoms. The summed E-state index contributed by atoms with van der Waals surface area (Å²) in [6, 6.07) is 5.73. The molecule has 3 aliphatic rings. The van der Waals surface area contributed by atoms with Crippen LogP contribution in [0.25, 0.3) is 16.8 Å². The summed E-state index contributed by atoms with van der Waals surface area (Å²) in [6.07, 6.45) is 5.36. The number of nitrogens with zero attached hydrogens (tertiary/aromatic N) is 2. The van der Waals surface area contributed by atoms with Crippen LogP contribution in [0.2, 0.25) is 0 Å². The van der Waals surface area contributed by atoms with E-state index >= 15 is 0 Å². The number of hydrogen-bond acceptors (Lipinski definition) is 7. The molecule has 8 heteroatoms. The van der Waals surface area contributed by atoms with E-state index in [0.717, 1.165) is 34.5 Å². The number of nitrogens with one attached hydrogen (secondary N) is 1. The third kappa shape index (κ3) is 3.03. The number of amides is 1. The summed E-state index contributed by atoms with van der Waals surface area (Å²) < 4.78 is 11.5. The molecule has 7 nitrogen and oxygen atoms in total. The molecule has 29 heavy (non-hydrogen) atoms. The van der Waals surface area contributed by atoms with Crippen LogP contribution >= 0.6 is 11.3 Å². The molecule has 5 rings (SSSR count). The summed E-state index contributed by atoms with van der Waals surface area (Å²) in [5, 5.41) is 8.05. The van der Waals surface area contributed by atoms with Crippen LogP contribution in [0.1, 0.15) is 33.1 Å². The van der Waals surface area contributed by atoms with Crippen molar-refractivity contribution in [2.75, 3.05) is 26.4 Å². The van der Waals surface area contributed by atoms with Crippen molar-refractivity contribution in [3.05, 3.63) is 39.8 Å². The van der Waals surface area contributed by atoms with E-state index in [1.807, 2.05) is 23.1 Å². The van der Waals surface area contributed by atoms with Gasteiger partial charge in [0.15, 0.2) is 5.01 Å². The Bertz CT molecular complexity index is 1020. The quantitative estimate of drug-likeness (QED) is 0.758. The number of hydrogen-bond donors (Lipinski definition) is 2. The van der Waals surface area contributed by atoms with E-state index in [1.54, 1.807) is 0 Å². The van der Waals surface area contributed by atoms with Crippen LogP contribution < -0.4 is 10.5 Å². The smallest absolute Gasteiger partial charge is 0.283 e. The first-order valence-corrected chi connectivity index (χ1v) is 10.6. The molecule has 3 heterocycles. The number of ether oxygens (including phenoxy) is 2. The summed E-state index contributed by atoms with van der Waals surface area (Å²) in [4.78, 5) is 21.0. The Morgan fingerprint density at radius 3 is 2.97 bits per heavy atom. The van der Waals surface area contributed by atoms with Crippen molar-refractivity contribution < 1.29 is 14.3 Å². The van der Waals surface area contributed by atoms with Crippen molar-refractivity contribution >= 4 is 29.0 Å². The van der Waals surface area contributed by atoms with Gasteiger partial charge in [-0.05, 0) is 30.5 Å². The van der Waals surface area contributed by atoms with Crippen LogP contribution in [-0.2, 0) is 11.2 Å². The lowest BCUT2D eigenvalue weighted by atomic mass is 10.0. The number of nitrogens with two attached hydrogens (primary N) is 1. The second kappa shape index (κ2) is 6.96. The predicted molar refractivity (Wildman–Crippen MR) is 112 cm³/mol. The van der Waals surface area contributed by atoms with Gasteiger partial charge in [0.2, 0.25) is 0 Å². The number of benzene rings is 1. The van der Waals surface area contributed by atoms with E-state index in [4.69, 9.17) is 25.6 Å². The number of carbonyl (C=O) groups is 1. The van der Waals surface area contributed by atoms with Crippen LogP contribution in [0.15, 0.2) is 24.4 Å². The molecule has 0 radical (unpaired) electrons. The van der Waals surface area contributed by atoms with E-state index in [2.05, 4.69) is 0 Å². The molecule has 0 unspecified atom stereocenters. The van der Waals surface area contributed by atoms with Crippen LogP contribution in [0.3, 0.4) is 0 Å². The molecule has 2 aliphatic heterocycles. The minimum atomic E-state index is -0.105. The van der Waals surface area contributed by atoms with Gasteiger partial charge < -0.3 is 25.5 Å². The van der Waals surface area contributed by atoms with Gasteiger partial charge in [0, 0.05) is 41.4 Å². The Balaban J connectivity index is 1.51. The first kappa shape index (κ1) is 18.3. The van der Waals surface area contributed by atoms with Gasteiger partial charge in [-0.2, -0.15) is 0 Å². The molecule has 0 bridgehead atoms. The molecule has 150 valence electrons. The molecular formula is C21H22N4O3S. The fourth-order valence-corrected chi connectivity index (χ4v) is 5.05. The highest BCUT2D eigenvalue weighted by Crippen LogP contribution is 2.45. The normalized spacial score (nSPS) is 19.7. The van der Waals surface area contributed by atoms with Crippen molar-refractivity contribution in [2.45, 2.75) is 24.8 Å². The summed E-state index contributed by atoms with van der Waals surface area (Å²) in [6.45, 7) is 2.37. The van der Waals surface area contributed by atoms with Crippen LogP contribution in [0, 0.1) is 5.41 Å². The molecule has 1 aromatic heterocycles. The van der Waals surface area contributed by atoms with Gasteiger partial charge in [0.05, 0.1) is 31.1 Å². The number of rotatable bonds is 3.